The quantitative estimate of drug-likeness (QED) is 0.331. The van der Waals surface area contributed by atoms with Crippen molar-refractivity contribution in [3.63, 3.8) is 0 Å². The third-order valence-corrected chi connectivity index (χ3v) is 0.348. The second-order valence-corrected chi connectivity index (χ2v) is 0.820. The first-order valence-electron chi connectivity index (χ1n) is 1.55. The Kier molecular flexibility index (Phi) is 22.7. The van der Waals surface area contributed by atoms with Crippen LogP contribution in [0.5, 0.6) is 0 Å². The van der Waals surface area contributed by atoms with E-state index >= 15 is 0 Å². The Balaban J connectivity index is -0.0000000133. The Morgan fingerprint density at radius 2 is 2.00 bits per heavy atom. The van der Waals surface area contributed by atoms with Gasteiger partial charge in [-0.25, -0.2) is 0 Å². The molecule has 0 rings (SSSR count). The van der Waals surface area contributed by atoms with Crippen molar-refractivity contribution in [2.75, 3.05) is 0 Å². The number of hydrogen-bond donors (Lipinski definition) is 1. The van der Waals surface area contributed by atoms with Crippen molar-refractivity contribution in [2.24, 2.45) is 5.73 Å². The molecular formula is C3H9LiNNaO. The molecule has 2 N–H and O–H groups in total. The molecule has 0 unspecified atom stereocenters. The molecule has 0 aliphatic heterocycles. The fraction of sp³-hybridized carbons (Fsp3) is 0.667. The number of hydrogen-bond acceptors (Lipinski definition) is 1. The summed E-state index contributed by atoms with van der Waals surface area (Å²) in [5, 5.41) is 0. The summed E-state index contributed by atoms with van der Waals surface area (Å²) in [6.45, 7) is 1.72. The molecule has 0 aromatic rings. The number of carbonyl (C=O) groups is 1. The molecule has 0 saturated heterocycles. The van der Waals surface area contributed by atoms with Gasteiger partial charge in [0.1, 0.15) is 0 Å². The summed E-state index contributed by atoms with van der Waals surface area (Å²) in [5.41, 5.74) is 4.65. The second kappa shape index (κ2) is 10.1. The largest absolute Gasteiger partial charge is 1.00 e. The minimum absolute atomic E-state index is 0. The van der Waals surface area contributed by atoms with Gasteiger partial charge in [-0.3, -0.25) is 4.79 Å². The number of primary amides is 1. The van der Waals surface area contributed by atoms with E-state index in [2.05, 4.69) is 5.73 Å². The van der Waals surface area contributed by atoms with Crippen LogP contribution < -0.4 is 54.2 Å². The second-order valence-electron chi connectivity index (χ2n) is 0.820. The first-order chi connectivity index (χ1) is 2.27. The van der Waals surface area contributed by atoms with Crippen LogP contribution >= 0.6 is 0 Å². The van der Waals surface area contributed by atoms with Gasteiger partial charge in [-0.2, -0.15) is 0 Å². The predicted octanol–water partition coefficient (Wildman–Crippen LogP) is -5.89. The Morgan fingerprint density at radius 1 is 1.86 bits per heavy atom. The van der Waals surface area contributed by atoms with Crippen molar-refractivity contribution in [1.82, 2.24) is 0 Å². The maximum atomic E-state index is 9.59. The van der Waals surface area contributed by atoms with E-state index in [4.69, 9.17) is 0 Å². The maximum absolute atomic E-state index is 9.59. The van der Waals surface area contributed by atoms with Gasteiger partial charge >= 0.3 is 48.4 Å². The van der Waals surface area contributed by atoms with Crippen LogP contribution in [0, 0.1) is 0 Å². The zero-order valence-electron chi connectivity index (χ0n) is 7.19. The SMILES string of the molecule is CCC(N)=O.[H-].[H-].[Li+].[Na+]. The molecule has 7 heavy (non-hydrogen) atoms. The third-order valence-electron chi connectivity index (χ3n) is 0.348. The number of amides is 1. The van der Waals surface area contributed by atoms with Gasteiger partial charge in [-0.15, -0.1) is 0 Å². The summed E-state index contributed by atoms with van der Waals surface area (Å²) < 4.78 is 0. The molecule has 0 saturated carbocycles. The molecule has 0 radical (unpaired) electrons. The molecule has 0 aromatic heterocycles. The number of nitrogens with two attached hydrogens (primary N) is 1. The number of rotatable bonds is 1. The minimum atomic E-state index is -0.245. The molecular weight excluding hydrogens is 96.0 g/mol. The summed E-state index contributed by atoms with van der Waals surface area (Å²) in [7, 11) is 0. The van der Waals surface area contributed by atoms with Crippen molar-refractivity contribution in [1.29, 1.82) is 0 Å². The molecule has 2 nitrogen and oxygen atoms in total. The molecule has 0 heterocycles. The van der Waals surface area contributed by atoms with E-state index in [0.29, 0.717) is 6.42 Å². The van der Waals surface area contributed by atoms with E-state index < -0.39 is 0 Å². The van der Waals surface area contributed by atoms with E-state index in [1.54, 1.807) is 6.92 Å². The van der Waals surface area contributed by atoms with Gasteiger partial charge in [0.25, 0.3) is 0 Å². The van der Waals surface area contributed by atoms with Crippen LogP contribution in [0.25, 0.3) is 0 Å². The van der Waals surface area contributed by atoms with Gasteiger partial charge in [0.05, 0.1) is 0 Å². The van der Waals surface area contributed by atoms with Gasteiger partial charge in [-0.05, 0) is 0 Å². The van der Waals surface area contributed by atoms with Gasteiger partial charge < -0.3 is 8.59 Å². The fourth-order valence-electron chi connectivity index (χ4n) is 0. The molecule has 0 atom stereocenters. The first-order valence-corrected chi connectivity index (χ1v) is 1.55. The Hall–Kier alpha value is 1.07. The Labute approximate surface area is 80.7 Å². The van der Waals surface area contributed by atoms with Crippen LogP contribution in [0.15, 0.2) is 0 Å². The van der Waals surface area contributed by atoms with E-state index in [9.17, 15) is 4.79 Å². The Morgan fingerprint density at radius 3 is 2.00 bits per heavy atom. The molecule has 0 aromatic carbocycles. The van der Waals surface area contributed by atoms with Gasteiger partial charge in [-0.1, -0.05) is 6.92 Å². The van der Waals surface area contributed by atoms with Crippen molar-refractivity contribution < 1.29 is 56.1 Å². The maximum Gasteiger partial charge on any atom is 1.00 e. The summed E-state index contributed by atoms with van der Waals surface area (Å²) in [5.74, 6) is -0.245. The van der Waals surface area contributed by atoms with E-state index in [1.165, 1.54) is 0 Å². The van der Waals surface area contributed by atoms with Crippen molar-refractivity contribution in [2.45, 2.75) is 13.3 Å². The fourth-order valence-corrected chi connectivity index (χ4v) is 0. The van der Waals surface area contributed by atoms with Gasteiger partial charge in [0.15, 0.2) is 0 Å². The average molecular weight is 105 g/mol. The molecule has 0 bridgehead atoms. The van der Waals surface area contributed by atoms with Gasteiger partial charge in [0.2, 0.25) is 5.91 Å². The van der Waals surface area contributed by atoms with E-state index in [1.807, 2.05) is 0 Å². The topological polar surface area (TPSA) is 43.1 Å². The molecule has 4 heteroatoms. The first kappa shape index (κ1) is 15.7. The van der Waals surface area contributed by atoms with Crippen LogP contribution in [0.2, 0.25) is 0 Å². The monoisotopic (exact) mass is 105 g/mol. The zero-order chi connectivity index (χ0) is 4.28. The molecule has 0 aliphatic carbocycles. The van der Waals surface area contributed by atoms with Crippen LogP contribution in [0.1, 0.15) is 16.2 Å². The van der Waals surface area contributed by atoms with Crippen LogP contribution in [-0.4, -0.2) is 5.91 Å². The van der Waals surface area contributed by atoms with Crippen molar-refractivity contribution in [3.8, 4) is 0 Å². The summed E-state index contributed by atoms with van der Waals surface area (Å²) in [6.07, 6.45) is 0.444. The predicted molar refractivity (Wildman–Crippen MR) is 21.7 cm³/mol. The van der Waals surface area contributed by atoms with E-state index in [-0.39, 0.29) is 57.2 Å². The molecule has 0 aliphatic rings. The standard InChI is InChI=1S/C3H7NO.Li.Na.2H/c1-2-3(4)5;;;;/h2H2,1H3,(H2,4,5);;;;/q;2*+1;2*-1. The smallest absolute Gasteiger partial charge is 1.00 e. The summed E-state index contributed by atoms with van der Waals surface area (Å²) in [6, 6.07) is 0. The van der Waals surface area contributed by atoms with Crippen LogP contribution in [0.4, 0.5) is 0 Å². The van der Waals surface area contributed by atoms with Crippen molar-refractivity contribution >= 4 is 5.91 Å². The molecule has 0 fully saturated rings. The summed E-state index contributed by atoms with van der Waals surface area (Å²) >= 11 is 0. The minimum Gasteiger partial charge on any atom is -1.00 e. The van der Waals surface area contributed by atoms with Crippen molar-refractivity contribution in [3.05, 3.63) is 0 Å². The molecule has 1 amide bonds. The zero-order valence-corrected chi connectivity index (χ0v) is 7.19. The Bertz CT molecular complexity index is 57.1. The van der Waals surface area contributed by atoms with Gasteiger partial charge in [0, 0.05) is 6.42 Å². The average Bonchev–Trinajstić information content (AvgIpc) is 1.38. The molecule has 34 valence electrons. The third kappa shape index (κ3) is 19.3. The molecule has 0 spiro atoms. The van der Waals surface area contributed by atoms with Crippen LogP contribution in [0.3, 0.4) is 0 Å². The van der Waals surface area contributed by atoms with Crippen LogP contribution in [-0.2, 0) is 4.79 Å². The summed E-state index contributed by atoms with van der Waals surface area (Å²) in [4.78, 5) is 9.59. The normalized spacial score (nSPS) is 5.29. The number of carbonyl (C=O) groups excluding carboxylic acids is 1. The van der Waals surface area contributed by atoms with E-state index in [0.717, 1.165) is 0 Å².